The Labute approximate surface area is 133 Å². The lowest BCUT2D eigenvalue weighted by Crippen LogP contribution is -2.16. The van der Waals surface area contributed by atoms with Crippen molar-refractivity contribution >= 4 is 8.07 Å². The summed E-state index contributed by atoms with van der Waals surface area (Å²) in [5, 5.41) is 4.36. The highest BCUT2D eigenvalue weighted by Crippen LogP contribution is 2.15. The molecule has 116 valence electrons. The highest BCUT2D eigenvalue weighted by molar-refractivity contribution is 6.83. The van der Waals surface area contributed by atoms with E-state index < -0.39 is 8.07 Å². The Bertz CT molecular complexity index is 660. The zero-order valence-corrected chi connectivity index (χ0v) is 14.6. The minimum atomic E-state index is -1.36. The van der Waals surface area contributed by atoms with Crippen molar-refractivity contribution < 1.29 is 9.47 Å². The Kier molecular flexibility index (Phi) is 5.42. The number of aromatic nitrogens is 2. The lowest BCUT2D eigenvalue weighted by molar-refractivity contribution is 0.146. The average molecular weight is 314 g/mol. The molecule has 0 aliphatic carbocycles. The quantitative estimate of drug-likeness (QED) is 0.483. The molecule has 0 saturated heterocycles. The molecule has 0 bridgehead atoms. The second-order valence-electron chi connectivity index (χ2n) is 6.01. The molecule has 0 aliphatic rings. The molecule has 0 unspecified atom stereocenters. The van der Waals surface area contributed by atoms with Gasteiger partial charge in [0.15, 0.2) is 0 Å². The van der Waals surface area contributed by atoms with Crippen LogP contribution in [0.3, 0.4) is 0 Å². The van der Waals surface area contributed by atoms with E-state index in [0.29, 0.717) is 13.2 Å². The smallest absolute Gasteiger partial charge is 0.129 e. The summed E-state index contributed by atoms with van der Waals surface area (Å²) in [6.45, 7) is 7.82. The van der Waals surface area contributed by atoms with Crippen LogP contribution in [0.5, 0.6) is 5.75 Å². The predicted octanol–water partition coefficient (Wildman–Crippen LogP) is 3.13. The molecule has 1 aromatic carbocycles. The monoisotopic (exact) mass is 314 g/mol. The van der Waals surface area contributed by atoms with Crippen LogP contribution >= 0.6 is 0 Å². The van der Waals surface area contributed by atoms with Gasteiger partial charge in [-0.2, -0.15) is 5.10 Å². The number of hydrogen-bond acceptors (Lipinski definition) is 3. The average Bonchev–Trinajstić information content (AvgIpc) is 2.94. The van der Waals surface area contributed by atoms with E-state index in [2.05, 4.69) is 36.2 Å². The summed E-state index contributed by atoms with van der Waals surface area (Å²) in [7, 11) is 0.301. The van der Waals surface area contributed by atoms with Crippen molar-refractivity contribution in [1.29, 1.82) is 0 Å². The summed E-state index contributed by atoms with van der Waals surface area (Å²) < 4.78 is 12.3. The fourth-order valence-corrected chi connectivity index (χ4v) is 2.25. The summed E-state index contributed by atoms with van der Waals surface area (Å²) in [5.41, 5.74) is 5.28. The van der Waals surface area contributed by atoms with E-state index in [1.807, 2.05) is 35.1 Å². The SMILES string of the molecule is COCCOc1ccc(-n2cc(C#C[Si](C)(C)C)cn2)cc1. The van der Waals surface area contributed by atoms with Crippen molar-refractivity contribution in [2.75, 3.05) is 20.3 Å². The van der Waals surface area contributed by atoms with E-state index in [4.69, 9.17) is 9.47 Å². The zero-order chi connectivity index (χ0) is 16.0. The lowest BCUT2D eigenvalue weighted by Gasteiger charge is -2.06. The van der Waals surface area contributed by atoms with Crippen molar-refractivity contribution in [2.24, 2.45) is 0 Å². The first-order valence-electron chi connectivity index (χ1n) is 7.28. The van der Waals surface area contributed by atoms with E-state index in [9.17, 15) is 0 Å². The zero-order valence-electron chi connectivity index (χ0n) is 13.6. The minimum absolute atomic E-state index is 0.550. The van der Waals surface area contributed by atoms with Gasteiger partial charge in [-0.25, -0.2) is 4.68 Å². The fourth-order valence-electron chi connectivity index (χ4n) is 1.73. The predicted molar refractivity (Wildman–Crippen MR) is 91.2 cm³/mol. The van der Waals surface area contributed by atoms with Gasteiger partial charge in [0.1, 0.15) is 20.4 Å². The molecule has 0 radical (unpaired) electrons. The van der Waals surface area contributed by atoms with E-state index in [0.717, 1.165) is 17.0 Å². The molecule has 0 amide bonds. The van der Waals surface area contributed by atoms with Crippen molar-refractivity contribution in [2.45, 2.75) is 19.6 Å². The van der Waals surface area contributed by atoms with Crippen LogP contribution in [-0.4, -0.2) is 38.2 Å². The summed E-state index contributed by atoms with van der Waals surface area (Å²) in [6, 6.07) is 7.82. The summed E-state index contributed by atoms with van der Waals surface area (Å²) >= 11 is 0. The topological polar surface area (TPSA) is 36.3 Å². The Morgan fingerprint density at radius 3 is 2.50 bits per heavy atom. The molecule has 0 atom stereocenters. The number of rotatable bonds is 5. The van der Waals surface area contributed by atoms with Gasteiger partial charge < -0.3 is 9.47 Å². The number of nitrogens with zero attached hydrogens (tertiary/aromatic N) is 2. The maximum absolute atomic E-state index is 5.55. The van der Waals surface area contributed by atoms with Gasteiger partial charge in [-0.15, -0.1) is 5.54 Å². The second kappa shape index (κ2) is 7.30. The molecule has 0 fully saturated rings. The molecule has 0 aliphatic heterocycles. The minimum Gasteiger partial charge on any atom is -0.491 e. The third-order valence-corrected chi connectivity index (χ3v) is 3.70. The first-order chi connectivity index (χ1) is 10.5. The molecule has 5 heteroatoms. The molecule has 0 spiro atoms. The van der Waals surface area contributed by atoms with Gasteiger partial charge >= 0.3 is 0 Å². The molecular weight excluding hydrogens is 292 g/mol. The lowest BCUT2D eigenvalue weighted by atomic mass is 10.3. The van der Waals surface area contributed by atoms with Crippen LogP contribution in [0.15, 0.2) is 36.7 Å². The van der Waals surface area contributed by atoms with Gasteiger partial charge in [0, 0.05) is 13.3 Å². The third kappa shape index (κ3) is 5.06. The maximum atomic E-state index is 5.55. The number of benzene rings is 1. The number of hydrogen-bond donors (Lipinski definition) is 0. The highest BCUT2D eigenvalue weighted by atomic mass is 28.3. The normalized spacial score (nSPS) is 10.9. The first kappa shape index (κ1) is 16.3. The summed E-state index contributed by atoms with van der Waals surface area (Å²) in [6.07, 6.45) is 3.75. The second-order valence-corrected chi connectivity index (χ2v) is 10.8. The van der Waals surface area contributed by atoms with Crippen molar-refractivity contribution in [1.82, 2.24) is 9.78 Å². The van der Waals surface area contributed by atoms with Crippen molar-refractivity contribution in [3.63, 3.8) is 0 Å². The molecule has 22 heavy (non-hydrogen) atoms. The largest absolute Gasteiger partial charge is 0.491 e. The van der Waals surface area contributed by atoms with Crippen molar-refractivity contribution in [3.05, 3.63) is 42.2 Å². The van der Waals surface area contributed by atoms with Crippen molar-refractivity contribution in [3.8, 4) is 22.9 Å². The van der Waals surface area contributed by atoms with E-state index in [1.165, 1.54) is 0 Å². The summed E-state index contributed by atoms with van der Waals surface area (Å²) in [5.74, 6) is 4.04. The van der Waals surface area contributed by atoms with Crippen LogP contribution in [0.2, 0.25) is 19.6 Å². The molecular formula is C17H22N2O2Si. The van der Waals surface area contributed by atoms with Crippen LogP contribution in [0.25, 0.3) is 5.69 Å². The van der Waals surface area contributed by atoms with Crippen LogP contribution in [0.4, 0.5) is 0 Å². The number of methoxy groups -OCH3 is 1. The highest BCUT2D eigenvalue weighted by Gasteiger charge is 2.08. The Balaban J connectivity index is 2.06. The van der Waals surface area contributed by atoms with E-state index in [-0.39, 0.29) is 0 Å². The van der Waals surface area contributed by atoms with Gasteiger partial charge in [0.05, 0.1) is 24.1 Å². The standard InChI is InChI=1S/C17H22N2O2Si/c1-20-10-11-21-17-7-5-16(6-8-17)19-14-15(13-18-19)9-12-22(2,3)4/h5-8,13-14H,10-11H2,1-4H3. The van der Waals surface area contributed by atoms with E-state index >= 15 is 0 Å². The summed E-state index contributed by atoms with van der Waals surface area (Å²) in [4.78, 5) is 0. The first-order valence-corrected chi connectivity index (χ1v) is 10.8. The van der Waals surface area contributed by atoms with Crippen LogP contribution < -0.4 is 4.74 Å². The van der Waals surface area contributed by atoms with Crippen LogP contribution in [-0.2, 0) is 4.74 Å². The Morgan fingerprint density at radius 2 is 1.86 bits per heavy atom. The maximum Gasteiger partial charge on any atom is 0.129 e. The molecule has 2 aromatic rings. The van der Waals surface area contributed by atoms with E-state index in [1.54, 1.807) is 13.3 Å². The molecule has 1 aromatic heterocycles. The van der Waals surface area contributed by atoms with Crippen LogP contribution in [0.1, 0.15) is 5.56 Å². The Morgan fingerprint density at radius 1 is 1.14 bits per heavy atom. The third-order valence-electron chi connectivity index (χ3n) is 2.82. The molecule has 0 N–H and O–H groups in total. The molecule has 2 rings (SSSR count). The number of ether oxygens (including phenoxy) is 2. The molecule has 1 heterocycles. The van der Waals surface area contributed by atoms with Gasteiger partial charge in [0.25, 0.3) is 0 Å². The fraction of sp³-hybridized carbons (Fsp3) is 0.353. The van der Waals surface area contributed by atoms with Gasteiger partial charge in [-0.05, 0) is 24.3 Å². The molecule has 4 nitrogen and oxygen atoms in total. The van der Waals surface area contributed by atoms with Gasteiger partial charge in [-0.3, -0.25) is 0 Å². The molecule has 0 saturated carbocycles. The van der Waals surface area contributed by atoms with Gasteiger partial charge in [0.2, 0.25) is 0 Å². The van der Waals surface area contributed by atoms with Crippen LogP contribution in [0, 0.1) is 11.5 Å². The van der Waals surface area contributed by atoms with Gasteiger partial charge in [-0.1, -0.05) is 25.6 Å². The Hall–Kier alpha value is -2.03.